The van der Waals surface area contributed by atoms with E-state index in [0.29, 0.717) is 55.1 Å². The summed E-state index contributed by atoms with van der Waals surface area (Å²) in [7, 11) is 0. The molecule has 8 heteroatoms. The molecule has 3 atom stereocenters. The minimum atomic E-state index is -1.44. The van der Waals surface area contributed by atoms with Crippen LogP contribution in [0, 0.1) is 11.7 Å². The van der Waals surface area contributed by atoms with E-state index in [-0.39, 0.29) is 24.8 Å². The third kappa shape index (κ3) is 7.40. The van der Waals surface area contributed by atoms with Crippen LogP contribution in [0.2, 0.25) is 0 Å². The predicted molar refractivity (Wildman–Crippen MR) is 155 cm³/mol. The monoisotopic (exact) mass is 553 g/mol. The first kappa shape index (κ1) is 30.0. The number of nitrogens with one attached hydrogen (secondary N) is 2. The number of rotatable bonds is 11. The summed E-state index contributed by atoms with van der Waals surface area (Å²) in [4.78, 5) is 26.2. The fourth-order valence-corrected chi connectivity index (χ4v) is 6.46. The number of likely N-dealkylation sites (tertiary alicyclic amines) is 1. The van der Waals surface area contributed by atoms with Crippen molar-refractivity contribution in [3.05, 3.63) is 59.4 Å². The van der Waals surface area contributed by atoms with Crippen LogP contribution in [-0.4, -0.2) is 59.3 Å². The zero-order chi connectivity index (χ0) is 28.5. The molecular weight excluding hydrogens is 509 g/mol. The van der Waals surface area contributed by atoms with Crippen LogP contribution in [-0.2, 0) is 16.8 Å². The Bertz CT molecular complexity index is 1150. The Morgan fingerprint density at radius 1 is 1.15 bits per heavy atom. The zero-order valence-electron chi connectivity index (χ0n) is 23.6. The van der Waals surface area contributed by atoms with Crippen LogP contribution < -0.4 is 10.6 Å². The topological polar surface area (TPSA) is 102 Å². The summed E-state index contributed by atoms with van der Waals surface area (Å²) in [6.45, 7) is 4.28. The number of carbonyl (C=O) groups is 2. The molecule has 2 aliphatic heterocycles. The Morgan fingerprint density at radius 3 is 2.73 bits per heavy atom. The zero-order valence-corrected chi connectivity index (χ0v) is 23.6. The van der Waals surface area contributed by atoms with Gasteiger partial charge in [-0.2, -0.15) is 0 Å². The quantitative estimate of drug-likeness (QED) is 0.277. The number of hydrogen-bond donors (Lipinski definition) is 4. The van der Waals surface area contributed by atoms with Crippen LogP contribution in [0.15, 0.2) is 42.5 Å². The molecule has 0 radical (unpaired) electrons. The van der Waals surface area contributed by atoms with Crippen LogP contribution in [0.1, 0.15) is 75.8 Å². The SMILES string of the molecule is CCc1cccc(-c2c(F)cccc2[C@](O)(CCCNC(=O)O)[C@@H]2CCCN(C(=O)CCC3CCCCN3)C2)c1. The maximum atomic E-state index is 15.6. The summed E-state index contributed by atoms with van der Waals surface area (Å²) in [6, 6.07) is 12.9. The minimum Gasteiger partial charge on any atom is -0.465 e. The van der Waals surface area contributed by atoms with Gasteiger partial charge in [0.05, 0.1) is 5.60 Å². The van der Waals surface area contributed by atoms with Crippen molar-refractivity contribution in [3.63, 3.8) is 0 Å². The van der Waals surface area contributed by atoms with Crippen molar-refractivity contribution in [3.8, 4) is 11.1 Å². The maximum absolute atomic E-state index is 15.6. The van der Waals surface area contributed by atoms with Gasteiger partial charge < -0.3 is 25.7 Å². The van der Waals surface area contributed by atoms with Gasteiger partial charge in [0.25, 0.3) is 0 Å². The Balaban J connectivity index is 1.61. The molecule has 2 saturated heterocycles. The number of carboxylic acid groups (broad SMARTS) is 1. The van der Waals surface area contributed by atoms with Crippen molar-refractivity contribution in [2.24, 2.45) is 5.92 Å². The molecule has 4 rings (SSSR count). The molecule has 2 aromatic carbocycles. The summed E-state index contributed by atoms with van der Waals surface area (Å²) >= 11 is 0. The fraction of sp³-hybridized carbons (Fsp3) is 0.562. The van der Waals surface area contributed by atoms with Gasteiger partial charge in [-0.05, 0) is 80.7 Å². The molecule has 40 heavy (non-hydrogen) atoms. The van der Waals surface area contributed by atoms with Crippen LogP contribution in [0.5, 0.6) is 0 Å². The molecule has 218 valence electrons. The molecule has 2 fully saturated rings. The lowest BCUT2D eigenvalue weighted by molar-refractivity contribution is -0.137. The van der Waals surface area contributed by atoms with E-state index in [1.807, 2.05) is 36.1 Å². The van der Waals surface area contributed by atoms with Gasteiger partial charge in [-0.15, -0.1) is 0 Å². The Kier molecular flexibility index (Phi) is 10.6. The van der Waals surface area contributed by atoms with E-state index in [1.54, 1.807) is 12.1 Å². The van der Waals surface area contributed by atoms with Crippen LogP contribution in [0.25, 0.3) is 11.1 Å². The number of benzene rings is 2. The number of nitrogens with zero attached hydrogens (tertiary/aromatic N) is 1. The molecule has 2 aliphatic rings. The van der Waals surface area contributed by atoms with E-state index in [1.165, 1.54) is 18.9 Å². The van der Waals surface area contributed by atoms with Crippen LogP contribution >= 0.6 is 0 Å². The Morgan fingerprint density at radius 2 is 1.98 bits per heavy atom. The van der Waals surface area contributed by atoms with Gasteiger partial charge in [-0.25, -0.2) is 9.18 Å². The third-order valence-electron chi connectivity index (χ3n) is 8.68. The highest BCUT2D eigenvalue weighted by Gasteiger charge is 2.43. The standard InChI is InChI=1S/C32H44FN3O4/c1-2-23-9-5-10-24(21-23)30-27(13-6-14-28(30)33)32(40,17-8-19-35-31(38)39)25-11-7-20-36(22-25)29(37)16-15-26-12-3-4-18-34-26/h5-6,9-10,13-14,21,25-26,34-35,40H,2-4,7-8,11-12,15-20,22H2,1H3,(H,38,39)/t25-,26?,32+/m1/s1. The Hall–Kier alpha value is -2.97. The lowest BCUT2D eigenvalue weighted by Crippen LogP contribution is -2.49. The molecule has 2 aromatic rings. The summed E-state index contributed by atoms with van der Waals surface area (Å²) in [5, 5.41) is 27.5. The molecule has 4 N–H and O–H groups in total. The normalized spacial score (nSPS) is 21.0. The highest BCUT2D eigenvalue weighted by molar-refractivity contribution is 5.76. The van der Waals surface area contributed by atoms with Gasteiger partial charge in [-0.1, -0.05) is 49.7 Å². The van der Waals surface area contributed by atoms with Gasteiger partial charge in [0.1, 0.15) is 5.82 Å². The largest absolute Gasteiger partial charge is 0.465 e. The first-order valence-corrected chi connectivity index (χ1v) is 14.9. The van der Waals surface area contributed by atoms with Crippen LogP contribution in [0.3, 0.4) is 0 Å². The second-order valence-electron chi connectivity index (χ2n) is 11.3. The second-order valence-corrected chi connectivity index (χ2v) is 11.3. The lowest BCUT2D eigenvalue weighted by atomic mass is 9.72. The summed E-state index contributed by atoms with van der Waals surface area (Å²) in [6.07, 6.45) is 6.52. The van der Waals surface area contributed by atoms with E-state index in [9.17, 15) is 14.7 Å². The molecule has 2 heterocycles. The molecule has 0 spiro atoms. The number of amides is 2. The van der Waals surface area contributed by atoms with Crippen molar-refractivity contribution in [1.82, 2.24) is 15.5 Å². The highest BCUT2D eigenvalue weighted by Crippen LogP contribution is 2.44. The molecule has 0 bridgehead atoms. The van der Waals surface area contributed by atoms with Gasteiger partial charge in [0.2, 0.25) is 5.91 Å². The number of piperidine rings is 2. The molecule has 0 aromatic heterocycles. The van der Waals surface area contributed by atoms with E-state index in [2.05, 4.69) is 10.6 Å². The van der Waals surface area contributed by atoms with Gasteiger partial charge >= 0.3 is 6.09 Å². The van der Waals surface area contributed by atoms with E-state index < -0.39 is 17.5 Å². The van der Waals surface area contributed by atoms with Crippen molar-refractivity contribution in [2.45, 2.75) is 82.8 Å². The smallest absolute Gasteiger partial charge is 0.404 e. The fourth-order valence-electron chi connectivity index (χ4n) is 6.46. The average Bonchev–Trinajstić information content (AvgIpc) is 2.98. The number of halogens is 1. The van der Waals surface area contributed by atoms with Crippen molar-refractivity contribution in [1.29, 1.82) is 0 Å². The molecule has 0 aliphatic carbocycles. The average molecular weight is 554 g/mol. The minimum absolute atomic E-state index is 0.0991. The summed E-state index contributed by atoms with van der Waals surface area (Å²) in [5.74, 6) is -0.614. The second kappa shape index (κ2) is 14.1. The maximum Gasteiger partial charge on any atom is 0.404 e. The van der Waals surface area contributed by atoms with Crippen molar-refractivity contribution < 1.29 is 24.2 Å². The number of aryl methyl sites for hydroxylation is 1. The van der Waals surface area contributed by atoms with Crippen LogP contribution in [0.4, 0.5) is 9.18 Å². The summed E-state index contributed by atoms with van der Waals surface area (Å²) in [5.41, 5.74) is 1.21. The third-order valence-corrected chi connectivity index (χ3v) is 8.68. The van der Waals surface area contributed by atoms with Gasteiger partial charge in [-0.3, -0.25) is 4.79 Å². The molecule has 2 amide bonds. The first-order valence-electron chi connectivity index (χ1n) is 14.9. The van der Waals surface area contributed by atoms with E-state index in [4.69, 9.17) is 5.11 Å². The van der Waals surface area contributed by atoms with Crippen molar-refractivity contribution >= 4 is 12.0 Å². The highest BCUT2D eigenvalue weighted by atomic mass is 19.1. The molecule has 0 saturated carbocycles. The first-order chi connectivity index (χ1) is 19.3. The lowest BCUT2D eigenvalue weighted by Gasteiger charge is -2.44. The number of aliphatic hydroxyl groups is 1. The van der Waals surface area contributed by atoms with Gasteiger partial charge in [0.15, 0.2) is 0 Å². The predicted octanol–water partition coefficient (Wildman–Crippen LogP) is 5.45. The number of carbonyl (C=O) groups excluding carboxylic acids is 1. The molecule has 1 unspecified atom stereocenters. The summed E-state index contributed by atoms with van der Waals surface area (Å²) < 4.78 is 15.6. The number of hydrogen-bond acceptors (Lipinski definition) is 4. The molecule has 7 nitrogen and oxygen atoms in total. The van der Waals surface area contributed by atoms with Crippen molar-refractivity contribution in [2.75, 3.05) is 26.2 Å². The van der Waals surface area contributed by atoms with E-state index in [0.717, 1.165) is 37.8 Å². The van der Waals surface area contributed by atoms with Gasteiger partial charge in [0, 0.05) is 43.6 Å². The Labute approximate surface area is 237 Å². The van der Waals surface area contributed by atoms with E-state index >= 15 is 4.39 Å². The molecular formula is C32H44FN3O4.